The SMILES string of the molecule is CCc1cccc2c(C(CC(=O)NCCCN3CCCCC3C)c3cccc(Oc4ccccc4)c3)cn(CC)c12. The van der Waals surface area contributed by atoms with E-state index in [0.717, 1.165) is 43.0 Å². The number of carbonyl (C=O) groups is 1. The lowest BCUT2D eigenvalue weighted by Gasteiger charge is -2.33. The van der Waals surface area contributed by atoms with Crippen LogP contribution in [0.3, 0.4) is 0 Å². The van der Waals surface area contributed by atoms with Crippen LogP contribution in [-0.2, 0) is 17.8 Å². The molecule has 4 aromatic rings. The van der Waals surface area contributed by atoms with Crippen LogP contribution in [0.5, 0.6) is 11.5 Å². The smallest absolute Gasteiger partial charge is 0.220 e. The number of fused-ring (bicyclic) bond motifs is 1. The highest BCUT2D eigenvalue weighted by Crippen LogP contribution is 2.37. The lowest BCUT2D eigenvalue weighted by molar-refractivity contribution is -0.121. The van der Waals surface area contributed by atoms with Crippen molar-refractivity contribution in [3.8, 4) is 11.5 Å². The van der Waals surface area contributed by atoms with Gasteiger partial charge in [-0.15, -0.1) is 0 Å². The Hall–Kier alpha value is -3.57. The second-order valence-corrected chi connectivity index (χ2v) is 11.4. The van der Waals surface area contributed by atoms with Gasteiger partial charge in [-0.2, -0.15) is 0 Å². The molecule has 0 radical (unpaired) electrons. The van der Waals surface area contributed by atoms with Gasteiger partial charge in [0.1, 0.15) is 11.5 Å². The van der Waals surface area contributed by atoms with Crippen molar-refractivity contribution in [2.45, 2.75) is 77.8 Å². The van der Waals surface area contributed by atoms with E-state index >= 15 is 0 Å². The van der Waals surface area contributed by atoms with Crippen LogP contribution in [0.25, 0.3) is 10.9 Å². The number of nitrogens with one attached hydrogen (secondary N) is 1. The molecule has 1 aliphatic rings. The molecule has 2 heterocycles. The van der Waals surface area contributed by atoms with Crippen LogP contribution in [0, 0.1) is 0 Å². The molecule has 1 N–H and O–H groups in total. The molecule has 1 aromatic heterocycles. The van der Waals surface area contributed by atoms with Gasteiger partial charge >= 0.3 is 0 Å². The molecular weight excluding hydrogens is 506 g/mol. The first-order valence-electron chi connectivity index (χ1n) is 15.5. The maximum absolute atomic E-state index is 13.5. The van der Waals surface area contributed by atoms with Gasteiger partial charge in [0.25, 0.3) is 0 Å². The Kier molecular flexibility index (Phi) is 9.79. The largest absolute Gasteiger partial charge is 0.457 e. The van der Waals surface area contributed by atoms with Gasteiger partial charge in [0, 0.05) is 49.6 Å². The van der Waals surface area contributed by atoms with E-state index in [1.807, 2.05) is 42.5 Å². The maximum Gasteiger partial charge on any atom is 0.220 e. The maximum atomic E-state index is 13.5. The number of rotatable bonds is 12. The van der Waals surface area contributed by atoms with Crippen LogP contribution in [0.2, 0.25) is 0 Å². The van der Waals surface area contributed by atoms with Crippen molar-refractivity contribution >= 4 is 16.8 Å². The molecule has 1 aliphatic heterocycles. The van der Waals surface area contributed by atoms with Crippen molar-refractivity contribution in [3.05, 3.63) is 95.7 Å². The second-order valence-electron chi connectivity index (χ2n) is 11.4. The summed E-state index contributed by atoms with van der Waals surface area (Å²) in [5, 5.41) is 4.48. The molecular formula is C36H45N3O2. The van der Waals surface area contributed by atoms with Crippen molar-refractivity contribution in [2.75, 3.05) is 19.6 Å². The predicted molar refractivity (Wildman–Crippen MR) is 169 cm³/mol. The van der Waals surface area contributed by atoms with E-state index in [1.165, 1.54) is 47.8 Å². The van der Waals surface area contributed by atoms with Crippen molar-refractivity contribution in [1.82, 2.24) is 14.8 Å². The molecule has 216 valence electrons. The van der Waals surface area contributed by atoms with Crippen molar-refractivity contribution in [1.29, 1.82) is 0 Å². The molecule has 3 aromatic carbocycles. The predicted octanol–water partition coefficient (Wildman–Crippen LogP) is 7.92. The molecule has 5 nitrogen and oxygen atoms in total. The minimum absolute atomic E-state index is 0.0844. The van der Waals surface area contributed by atoms with Crippen LogP contribution < -0.4 is 10.1 Å². The average molecular weight is 552 g/mol. The topological polar surface area (TPSA) is 46.5 Å². The molecule has 41 heavy (non-hydrogen) atoms. The van der Waals surface area contributed by atoms with Crippen LogP contribution in [0.15, 0.2) is 79.0 Å². The van der Waals surface area contributed by atoms with Crippen LogP contribution in [-0.4, -0.2) is 41.1 Å². The highest BCUT2D eigenvalue weighted by atomic mass is 16.5. The number of aromatic nitrogens is 1. The molecule has 5 heteroatoms. The molecule has 0 aliphatic carbocycles. The normalized spacial score (nSPS) is 16.5. The Morgan fingerprint density at radius 3 is 2.59 bits per heavy atom. The van der Waals surface area contributed by atoms with Crippen LogP contribution in [0.4, 0.5) is 0 Å². The zero-order valence-corrected chi connectivity index (χ0v) is 24.9. The average Bonchev–Trinajstić information content (AvgIpc) is 3.38. The van der Waals surface area contributed by atoms with Crippen LogP contribution >= 0.6 is 0 Å². The van der Waals surface area contributed by atoms with Gasteiger partial charge in [-0.1, -0.05) is 61.9 Å². The van der Waals surface area contributed by atoms with Gasteiger partial charge in [0.15, 0.2) is 0 Å². The summed E-state index contributed by atoms with van der Waals surface area (Å²) in [4.78, 5) is 16.0. The second kappa shape index (κ2) is 13.9. The number of piperidine rings is 1. The van der Waals surface area contributed by atoms with Gasteiger partial charge in [0.05, 0.1) is 5.52 Å². The van der Waals surface area contributed by atoms with E-state index < -0.39 is 0 Å². The summed E-state index contributed by atoms with van der Waals surface area (Å²) in [7, 11) is 0. The number of nitrogens with zero attached hydrogens (tertiary/aromatic N) is 2. The molecule has 0 spiro atoms. The van der Waals surface area contributed by atoms with E-state index in [4.69, 9.17) is 4.74 Å². The fourth-order valence-corrected chi connectivity index (χ4v) is 6.36. The number of ether oxygens (including phenoxy) is 1. The van der Waals surface area contributed by atoms with Gasteiger partial charge in [-0.25, -0.2) is 0 Å². The molecule has 1 saturated heterocycles. The summed E-state index contributed by atoms with van der Waals surface area (Å²) in [6.07, 6.45) is 8.53. The third kappa shape index (κ3) is 7.02. The monoisotopic (exact) mass is 551 g/mol. The first-order valence-corrected chi connectivity index (χ1v) is 15.5. The van der Waals surface area contributed by atoms with Crippen molar-refractivity contribution < 1.29 is 9.53 Å². The van der Waals surface area contributed by atoms with Gasteiger partial charge < -0.3 is 19.5 Å². The summed E-state index contributed by atoms with van der Waals surface area (Å²) in [5.41, 5.74) is 4.91. The molecule has 2 atom stereocenters. The van der Waals surface area contributed by atoms with Gasteiger partial charge in [0.2, 0.25) is 5.91 Å². The Balaban J connectivity index is 1.39. The van der Waals surface area contributed by atoms with Crippen LogP contribution in [0.1, 0.15) is 75.5 Å². The number of carbonyl (C=O) groups excluding carboxylic acids is 1. The third-order valence-electron chi connectivity index (χ3n) is 8.62. The minimum atomic E-state index is -0.0844. The molecule has 5 rings (SSSR count). The highest BCUT2D eigenvalue weighted by Gasteiger charge is 2.24. The van der Waals surface area contributed by atoms with E-state index in [1.54, 1.807) is 0 Å². The van der Waals surface area contributed by atoms with E-state index in [9.17, 15) is 4.79 Å². The first kappa shape index (κ1) is 28.9. The summed E-state index contributed by atoms with van der Waals surface area (Å²) in [5.74, 6) is 1.60. The standard InChI is InChI=1S/C36H45N3O2/c1-4-28-15-12-20-32-34(26-38(5-2)36(28)32)33(25-35(40)37-21-13-23-39-22-10-9-14-27(39)3)29-16-11-19-31(24-29)41-30-17-7-6-8-18-30/h6-8,11-12,15-20,24,26-27,33H,4-5,9-10,13-14,21-23,25H2,1-3H3,(H,37,40). The van der Waals surface area contributed by atoms with E-state index in [2.05, 4.69) is 72.1 Å². The molecule has 0 saturated carbocycles. The lowest BCUT2D eigenvalue weighted by Crippen LogP contribution is -2.39. The number of hydrogen-bond acceptors (Lipinski definition) is 3. The number of para-hydroxylation sites is 2. The number of benzene rings is 3. The summed E-state index contributed by atoms with van der Waals surface area (Å²) in [6, 6.07) is 25.3. The lowest BCUT2D eigenvalue weighted by atomic mass is 9.87. The number of aryl methyl sites for hydroxylation is 2. The highest BCUT2D eigenvalue weighted by molar-refractivity contribution is 5.89. The summed E-state index contributed by atoms with van der Waals surface area (Å²) >= 11 is 0. The zero-order chi connectivity index (χ0) is 28.6. The van der Waals surface area contributed by atoms with E-state index in [-0.39, 0.29) is 11.8 Å². The summed E-state index contributed by atoms with van der Waals surface area (Å²) in [6.45, 7) is 10.6. The molecule has 1 fully saturated rings. The third-order valence-corrected chi connectivity index (χ3v) is 8.62. The van der Waals surface area contributed by atoms with Crippen molar-refractivity contribution in [2.24, 2.45) is 0 Å². The molecule has 2 unspecified atom stereocenters. The Morgan fingerprint density at radius 1 is 1.00 bits per heavy atom. The Labute approximate surface area is 245 Å². The minimum Gasteiger partial charge on any atom is -0.457 e. The molecule has 0 bridgehead atoms. The fraction of sp³-hybridized carbons (Fsp3) is 0.417. The Bertz CT molecular complexity index is 1430. The van der Waals surface area contributed by atoms with E-state index in [0.29, 0.717) is 19.0 Å². The Morgan fingerprint density at radius 2 is 1.80 bits per heavy atom. The number of hydrogen-bond donors (Lipinski definition) is 1. The first-order chi connectivity index (χ1) is 20.1. The number of amides is 1. The van der Waals surface area contributed by atoms with Crippen molar-refractivity contribution in [3.63, 3.8) is 0 Å². The van der Waals surface area contributed by atoms with Gasteiger partial charge in [-0.3, -0.25) is 4.79 Å². The van der Waals surface area contributed by atoms with Gasteiger partial charge in [-0.05, 0) is 87.0 Å². The quantitative estimate of drug-likeness (QED) is 0.182. The number of likely N-dealkylation sites (tertiary alicyclic amines) is 1. The summed E-state index contributed by atoms with van der Waals surface area (Å²) < 4.78 is 8.54. The molecule has 1 amide bonds. The fourth-order valence-electron chi connectivity index (χ4n) is 6.36. The zero-order valence-electron chi connectivity index (χ0n) is 24.9.